The number of carbonyl (C=O) groups is 1. The first-order chi connectivity index (χ1) is 7.22. The van der Waals surface area contributed by atoms with Crippen molar-refractivity contribution in [2.45, 2.75) is 0 Å². The number of hydrogen-bond acceptors (Lipinski definition) is 3. The molecule has 82 valence electrons. The van der Waals surface area contributed by atoms with Crippen LogP contribution in [0.3, 0.4) is 0 Å². The van der Waals surface area contributed by atoms with Crippen molar-refractivity contribution in [1.82, 2.24) is 5.32 Å². The molecule has 5 heteroatoms. The quantitative estimate of drug-likeness (QED) is 0.655. The average molecular weight is 229 g/mol. The van der Waals surface area contributed by atoms with Crippen LogP contribution in [0.4, 0.5) is 5.69 Å². The van der Waals surface area contributed by atoms with Crippen molar-refractivity contribution in [1.29, 1.82) is 0 Å². The number of hydrogen-bond donors (Lipinski definition) is 3. The van der Waals surface area contributed by atoms with Crippen LogP contribution < -0.4 is 10.6 Å². The molecule has 0 spiro atoms. The Labute approximate surface area is 93.2 Å². The summed E-state index contributed by atoms with van der Waals surface area (Å²) in [6.45, 7) is 0.598. The van der Waals surface area contributed by atoms with Crippen molar-refractivity contribution in [3.63, 3.8) is 0 Å². The molecule has 1 aromatic rings. The zero-order valence-electron chi connectivity index (χ0n) is 8.16. The monoisotopic (exact) mass is 228 g/mol. The molecule has 15 heavy (non-hydrogen) atoms. The van der Waals surface area contributed by atoms with Gasteiger partial charge < -0.3 is 15.7 Å². The van der Waals surface area contributed by atoms with Crippen molar-refractivity contribution in [2.24, 2.45) is 0 Å². The van der Waals surface area contributed by atoms with Crippen molar-refractivity contribution in [2.75, 3.05) is 25.0 Å². The van der Waals surface area contributed by atoms with Crippen LogP contribution in [0, 0.1) is 0 Å². The predicted octanol–water partition coefficient (Wildman–Crippen LogP) is 0.860. The average Bonchev–Trinajstić information content (AvgIpc) is 2.18. The van der Waals surface area contributed by atoms with Gasteiger partial charge in [0.05, 0.1) is 13.2 Å². The largest absolute Gasteiger partial charge is 0.395 e. The lowest BCUT2D eigenvalue weighted by atomic mass is 10.3. The molecule has 0 fully saturated rings. The summed E-state index contributed by atoms with van der Waals surface area (Å²) < 4.78 is 0. The van der Waals surface area contributed by atoms with Crippen LogP contribution in [0.5, 0.6) is 0 Å². The number of anilines is 1. The second-order valence-electron chi connectivity index (χ2n) is 2.96. The van der Waals surface area contributed by atoms with Crippen molar-refractivity contribution < 1.29 is 9.90 Å². The van der Waals surface area contributed by atoms with Crippen LogP contribution >= 0.6 is 11.6 Å². The minimum atomic E-state index is -0.161. The van der Waals surface area contributed by atoms with E-state index in [0.717, 1.165) is 0 Å². The fourth-order valence-corrected chi connectivity index (χ4v) is 1.24. The standard InChI is InChI=1S/C10H13ClN2O2/c11-8-2-1-3-9(6-8)13-10(15)7-12-4-5-14/h1-3,6,12,14H,4-5,7H2,(H,13,15). The number of benzene rings is 1. The van der Waals surface area contributed by atoms with Gasteiger partial charge in [-0.05, 0) is 18.2 Å². The van der Waals surface area contributed by atoms with E-state index in [1.165, 1.54) is 0 Å². The van der Waals surface area contributed by atoms with E-state index in [9.17, 15) is 4.79 Å². The first-order valence-electron chi connectivity index (χ1n) is 4.59. The lowest BCUT2D eigenvalue weighted by molar-refractivity contribution is -0.115. The molecule has 0 aliphatic rings. The van der Waals surface area contributed by atoms with Gasteiger partial charge in [0, 0.05) is 17.3 Å². The van der Waals surface area contributed by atoms with Gasteiger partial charge in [-0.1, -0.05) is 17.7 Å². The smallest absolute Gasteiger partial charge is 0.238 e. The highest BCUT2D eigenvalue weighted by molar-refractivity contribution is 6.30. The van der Waals surface area contributed by atoms with E-state index in [2.05, 4.69) is 10.6 Å². The molecule has 0 atom stereocenters. The first-order valence-corrected chi connectivity index (χ1v) is 4.97. The molecule has 0 aromatic heterocycles. The third kappa shape index (κ3) is 4.78. The molecule has 0 saturated carbocycles. The molecule has 0 heterocycles. The van der Waals surface area contributed by atoms with E-state index in [4.69, 9.17) is 16.7 Å². The molecule has 0 unspecified atom stereocenters. The topological polar surface area (TPSA) is 61.4 Å². The molecular weight excluding hydrogens is 216 g/mol. The first kappa shape index (κ1) is 12.0. The van der Waals surface area contributed by atoms with Gasteiger partial charge in [-0.2, -0.15) is 0 Å². The zero-order chi connectivity index (χ0) is 11.1. The molecule has 3 N–H and O–H groups in total. The number of aliphatic hydroxyl groups excluding tert-OH is 1. The van der Waals surface area contributed by atoms with E-state index < -0.39 is 0 Å². The number of halogens is 1. The normalized spacial score (nSPS) is 10.0. The Morgan fingerprint density at radius 1 is 1.47 bits per heavy atom. The lowest BCUT2D eigenvalue weighted by Crippen LogP contribution is -2.29. The number of amides is 1. The van der Waals surface area contributed by atoms with E-state index in [0.29, 0.717) is 17.3 Å². The van der Waals surface area contributed by atoms with Gasteiger partial charge in [-0.3, -0.25) is 4.79 Å². The second-order valence-corrected chi connectivity index (χ2v) is 3.40. The summed E-state index contributed by atoms with van der Waals surface area (Å²) in [5.74, 6) is -0.161. The number of aliphatic hydroxyl groups is 1. The van der Waals surface area contributed by atoms with E-state index in [1.54, 1.807) is 24.3 Å². The Morgan fingerprint density at radius 3 is 2.93 bits per heavy atom. The van der Waals surface area contributed by atoms with Crippen molar-refractivity contribution >= 4 is 23.2 Å². The number of carbonyl (C=O) groups excluding carboxylic acids is 1. The van der Waals surface area contributed by atoms with Crippen LogP contribution in [0.1, 0.15) is 0 Å². The van der Waals surface area contributed by atoms with Crippen molar-refractivity contribution in [3.05, 3.63) is 29.3 Å². The molecule has 0 radical (unpaired) electrons. The fraction of sp³-hybridized carbons (Fsp3) is 0.300. The predicted molar refractivity (Wildman–Crippen MR) is 60.0 cm³/mol. The Kier molecular flexibility index (Phi) is 5.10. The molecule has 0 aliphatic carbocycles. The molecule has 0 saturated heterocycles. The Morgan fingerprint density at radius 2 is 2.27 bits per heavy atom. The third-order valence-electron chi connectivity index (χ3n) is 1.68. The summed E-state index contributed by atoms with van der Waals surface area (Å²) in [6.07, 6.45) is 0. The lowest BCUT2D eigenvalue weighted by Gasteiger charge is -2.05. The maximum Gasteiger partial charge on any atom is 0.238 e. The van der Waals surface area contributed by atoms with Crippen molar-refractivity contribution in [3.8, 4) is 0 Å². The summed E-state index contributed by atoms with van der Waals surface area (Å²) in [6, 6.07) is 6.93. The van der Waals surface area contributed by atoms with Crippen LogP contribution in [0.2, 0.25) is 5.02 Å². The summed E-state index contributed by atoms with van der Waals surface area (Å²) >= 11 is 5.76. The summed E-state index contributed by atoms with van der Waals surface area (Å²) in [4.78, 5) is 11.3. The number of nitrogens with one attached hydrogen (secondary N) is 2. The van der Waals surface area contributed by atoms with Gasteiger partial charge >= 0.3 is 0 Å². The van der Waals surface area contributed by atoms with Gasteiger partial charge in [0.1, 0.15) is 0 Å². The second kappa shape index (κ2) is 6.40. The molecule has 1 aromatic carbocycles. The minimum Gasteiger partial charge on any atom is -0.395 e. The van der Waals surface area contributed by atoms with Gasteiger partial charge in [0.25, 0.3) is 0 Å². The van der Waals surface area contributed by atoms with E-state index >= 15 is 0 Å². The maximum absolute atomic E-state index is 11.3. The van der Waals surface area contributed by atoms with Gasteiger partial charge in [0.2, 0.25) is 5.91 Å². The van der Waals surface area contributed by atoms with Crippen LogP contribution in [0.15, 0.2) is 24.3 Å². The molecule has 1 amide bonds. The van der Waals surface area contributed by atoms with Gasteiger partial charge in [0.15, 0.2) is 0 Å². The van der Waals surface area contributed by atoms with Crippen LogP contribution in [-0.2, 0) is 4.79 Å². The highest BCUT2D eigenvalue weighted by Gasteiger charge is 2.01. The van der Waals surface area contributed by atoms with E-state index in [-0.39, 0.29) is 19.1 Å². The van der Waals surface area contributed by atoms with E-state index in [1.807, 2.05) is 0 Å². The van der Waals surface area contributed by atoms with Crippen LogP contribution in [0.25, 0.3) is 0 Å². The molecular formula is C10H13ClN2O2. The molecule has 0 aliphatic heterocycles. The highest BCUT2D eigenvalue weighted by atomic mass is 35.5. The van der Waals surface area contributed by atoms with Gasteiger partial charge in [-0.25, -0.2) is 0 Å². The third-order valence-corrected chi connectivity index (χ3v) is 1.92. The molecule has 1 rings (SSSR count). The highest BCUT2D eigenvalue weighted by Crippen LogP contribution is 2.14. The van der Waals surface area contributed by atoms with Crippen LogP contribution in [-0.4, -0.2) is 30.7 Å². The molecule has 4 nitrogen and oxygen atoms in total. The summed E-state index contributed by atoms with van der Waals surface area (Å²) in [7, 11) is 0. The Balaban J connectivity index is 2.37. The number of rotatable bonds is 5. The zero-order valence-corrected chi connectivity index (χ0v) is 8.92. The summed E-state index contributed by atoms with van der Waals surface area (Å²) in [5.41, 5.74) is 0.665. The molecule has 0 bridgehead atoms. The Bertz CT molecular complexity index is 331. The maximum atomic E-state index is 11.3. The Hall–Kier alpha value is -1.10. The fourth-order valence-electron chi connectivity index (χ4n) is 1.05. The minimum absolute atomic E-state index is 0.0183. The summed E-state index contributed by atoms with van der Waals surface area (Å²) in [5, 5.41) is 14.5. The van der Waals surface area contributed by atoms with Gasteiger partial charge in [-0.15, -0.1) is 0 Å². The SMILES string of the molecule is O=C(CNCCO)Nc1cccc(Cl)c1.